The molecule has 6 aromatic heterocycles. The summed E-state index contributed by atoms with van der Waals surface area (Å²) in [6.45, 7) is 2.23. The zero-order valence-electron chi connectivity index (χ0n) is 67.7. The second kappa shape index (κ2) is 28.6. The van der Waals surface area contributed by atoms with E-state index in [1.54, 1.807) is 0 Å². The highest BCUT2D eigenvalue weighted by atomic mass is 16.3. The normalized spacial score (nSPS) is 11.9. The molecule has 26 rings (SSSR count). The van der Waals surface area contributed by atoms with Crippen molar-refractivity contribution in [1.82, 2.24) is 9.13 Å². The van der Waals surface area contributed by atoms with E-state index in [4.69, 9.17) is 17.7 Å². The van der Waals surface area contributed by atoms with Crippen molar-refractivity contribution in [3.8, 4) is 90.1 Å². The summed E-state index contributed by atoms with van der Waals surface area (Å²) in [6, 6.07) is 145. The Balaban J connectivity index is 0.000000106. The number of hydrogen-bond donors (Lipinski definition) is 0. The third kappa shape index (κ3) is 11.6. The van der Waals surface area contributed by atoms with Gasteiger partial charge in [-0.15, -0.1) is 0 Å². The van der Waals surface area contributed by atoms with Crippen LogP contribution in [0.3, 0.4) is 0 Å². The Morgan fingerprint density at radius 3 is 0.772 bits per heavy atom. The van der Waals surface area contributed by atoms with Gasteiger partial charge in [0.25, 0.3) is 0 Å². The molecular formula is C117H76N2O4. The molecule has 6 heteroatoms. The minimum atomic E-state index is 0.879. The van der Waals surface area contributed by atoms with Gasteiger partial charge in [0.2, 0.25) is 0 Å². The lowest BCUT2D eigenvalue weighted by molar-refractivity contribution is 0.631. The highest BCUT2D eigenvalue weighted by Crippen LogP contribution is 2.53. The predicted molar refractivity (Wildman–Crippen MR) is 517 cm³/mol. The third-order valence-electron chi connectivity index (χ3n) is 25.6. The lowest BCUT2D eigenvalue weighted by Gasteiger charge is -2.22. The quantitative estimate of drug-likeness (QED) is 0.142. The number of hydrogen-bond acceptors (Lipinski definition) is 4. The molecule has 0 unspecified atom stereocenters. The molecule has 0 aliphatic carbocycles. The van der Waals surface area contributed by atoms with Crippen molar-refractivity contribution in [2.75, 3.05) is 0 Å². The Morgan fingerprint density at radius 1 is 0.179 bits per heavy atom. The highest BCUT2D eigenvalue weighted by molar-refractivity contribution is 6.28. The van der Waals surface area contributed by atoms with E-state index in [0.717, 1.165) is 121 Å². The van der Waals surface area contributed by atoms with Gasteiger partial charge in [0.15, 0.2) is 0 Å². The second-order valence-corrected chi connectivity index (χ2v) is 32.5. The summed E-state index contributed by atoms with van der Waals surface area (Å²) in [5.74, 6) is 3.53. The van der Waals surface area contributed by atoms with E-state index in [1.807, 2.05) is 48.5 Å². The largest absolute Gasteiger partial charge is 0.456 e. The molecular weight excluding hydrogens is 1500 g/mol. The molecule has 26 aromatic rings. The monoisotopic (exact) mass is 1570 g/mol. The lowest BCUT2D eigenvalue weighted by Crippen LogP contribution is -1.97. The maximum Gasteiger partial charge on any atom is 0.136 e. The molecule has 0 amide bonds. The average molecular weight is 1570 g/mol. The zero-order chi connectivity index (χ0) is 81.5. The van der Waals surface area contributed by atoms with Gasteiger partial charge < -0.3 is 26.8 Å². The van der Waals surface area contributed by atoms with Crippen LogP contribution in [0, 0.1) is 6.92 Å². The molecule has 0 atom stereocenters. The predicted octanol–water partition coefficient (Wildman–Crippen LogP) is 33.1. The van der Waals surface area contributed by atoms with E-state index in [2.05, 4.69) is 388 Å². The van der Waals surface area contributed by atoms with Gasteiger partial charge in [0.1, 0.15) is 45.4 Å². The molecule has 20 aromatic carbocycles. The summed E-state index contributed by atoms with van der Waals surface area (Å²) in [5, 5.41) is 28.6. The van der Waals surface area contributed by atoms with Gasteiger partial charge in [-0.1, -0.05) is 303 Å². The topological polar surface area (TPSA) is 62.4 Å². The smallest absolute Gasteiger partial charge is 0.136 e. The van der Waals surface area contributed by atoms with Crippen molar-refractivity contribution in [2.45, 2.75) is 6.92 Å². The van der Waals surface area contributed by atoms with Crippen LogP contribution in [0.1, 0.15) is 5.56 Å². The SMILES string of the molecule is Cc1c2ccccc2cc2c(-c3cc4ccccc4o3)c3ccccc3c(-c3cc4ccccc4o3)c12.Cn1c(-c2ccccc2-c2c3ccccc3c(-c3ccccc3-c3cc4ccccc4n3C)c3cc4ccccc4cc23)cc2ccccc21.c1ccc2cc3c(-c4cc5ccccc5o4)c4ccccc4c(-c4cc5ccccc5o4)c3cc2c1. The number of benzene rings is 20. The van der Waals surface area contributed by atoms with Crippen molar-refractivity contribution >= 4 is 163 Å². The second-order valence-electron chi connectivity index (χ2n) is 32.5. The number of furan rings is 4. The van der Waals surface area contributed by atoms with Crippen molar-refractivity contribution in [3.05, 3.63) is 412 Å². The van der Waals surface area contributed by atoms with Gasteiger partial charge >= 0.3 is 0 Å². The van der Waals surface area contributed by atoms with Gasteiger partial charge in [0.05, 0.1) is 0 Å². The standard InChI is InChI=1S/C48H34N2.C35H22O2.C34H20O2/c1-49-43-25-13-5-17-33(43)29-45(49)35-19-7-9-21-37(35)47-39-23-11-12-24-40(39)48(42-28-32-16-4-3-15-31(32)27-41(42)47)38-22-10-8-20-36(38)46-30-34-18-6-14-26-44(34)50(46)2;1-21-25-13-5-2-10-22(25)18-28-33(21)35(32-20-24-12-4-9-17-30(24)37-32)27-15-7-6-14-26(27)34(28)31-19-23-11-3-8-16-29(23)36-31;1-2-10-22-18-28-27(17-21(22)9-1)33(31-19-23-11-3-7-15-29(23)35-31)25-13-5-6-14-26(25)34(28)32-20-24-12-4-8-16-30(24)36-32/h3-30H,1-2H3;2-20H,1H3;1-20H. The zero-order valence-corrected chi connectivity index (χ0v) is 67.7. The highest BCUT2D eigenvalue weighted by Gasteiger charge is 2.28. The average Bonchev–Trinajstić information content (AvgIpc) is 1.45. The van der Waals surface area contributed by atoms with Crippen molar-refractivity contribution < 1.29 is 17.7 Å². The molecule has 0 saturated heterocycles. The Labute approximate surface area is 707 Å². The fourth-order valence-corrected chi connectivity index (χ4v) is 20.0. The van der Waals surface area contributed by atoms with Gasteiger partial charge in [-0.2, -0.15) is 0 Å². The number of rotatable bonds is 8. The summed E-state index contributed by atoms with van der Waals surface area (Å²) in [7, 11) is 4.37. The first-order valence-corrected chi connectivity index (χ1v) is 42.1. The van der Waals surface area contributed by atoms with Gasteiger partial charge in [-0.3, -0.25) is 0 Å². The molecule has 0 aliphatic rings. The molecule has 6 nitrogen and oxygen atoms in total. The van der Waals surface area contributed by atoms with E-state index >= 15 is 0 Å². The summed E-state index contributed by atoms with van der Waals surface area (Å²) < 4.78 is 30.6. The third-order valence-corrected chi connectivity index (χ3v) is 25.6. The molecule has 0 aliphatic heterocycles. The van der Waals surface area contributed by atoms with Crippen LogP contribution in [0.2, 0.25) is 0 Å². The Kier molecular flexibility index (Phi) is 16.6. The maximum atomic E-state index is 6.51. The van der Waals surface area contributed by atoms with E-state index < -0.39 is 0 Å². The number of fused-ring (bicyclic) bond motifs is 15. The fourth-order valence-electron chi connectivity index (χ4n) is 20.0. The van der Waals surface area contributed by atoms with Crippen LogP contribution >= 0.6 is 0 Å². The summed E-state index contributed by atoms with van der Waals surface area (Å²) >= 11 is 0. The maximum absolute atomic E-state index is 6.51. The number of aryl methyl sites for hydroxylation is 3. The van der Waals surface area contributed by atoms with Crippen LogP contribution in [0.4, 0.5) is 0 Å². The van der Waals surface area contributed by atoms with Crippen LogP contribution in [-0.4, -0.2) is 9.13 Å². The molecule has 0 saturated carbocycles. The number of para-hydroxylation sites is 6. The minimum absolute atomic E-state index is 0.879. The van der Waals surface area contributed by atoms with Gasteiger partial charge in [-0.05, 0) is 235 Å². The van der Waals surface area contributed by atoms with E-state index in [0.29, 0.717) is 0 Å². The summed E-state index contributed by atoms with van der Waals surface area (Å²) in [5.41, 5.74) is 21.7. The van der Waals surface area contributed by atoms with Gasteiger partial charge in [0, 0.05) is 102 Å². The molecule has 0 spiro atoms. The molecule has 0 bridgehead atoms. The molecule has 0 N–H and O–H groups in total. The first-order valence-electron chi connectivity index (χ1n) is 42.1. The first kappa shape index (κ1) is 71.1. The number of aromatic nitrogens is 2. The summed E-state index contributed by atoms with van der Waals surface area (Å²) in [6.07, 6.45) is 0. The molecule has 123 heavy (non-hydrogen) atoms. The molecule has 578 valence electrons. The van der Waals surface area contributed by atoms with Crippen LogP contribution in [0.5, 0.6) is 0 Å². The van der Waals surface area contributed by atoms with Crippen LogP contribution < -0.4 is 0 Å². The van der Waals surface area contributed by atoms with Crippen molar-refractivity contribution in [3.63, 3.8) is 0 Å². The Bertz CT molecular complexity index is 8350. The van der Waals surface area contributed by atoms with Crippen LogP contribution in [-0.2, 0) is 14.1 Å². The molecule has 0 fully saturated rings. The lowest BCUT2D eigenvalue weighted by atomic mass is 9.82. The Hall–Kier alpha value is -16.0. The summed E-state index contributed by atoms with van der Waals surface area (Å²) in [4.78, 5) is 0. The Morgan fingerprint density at radius 2 is 0.423 bits per heavy atom. The molecule has 6 heterocycles. The van der Waals surface area contributed by atoms with Crippen LogP contribution in [0.15, 0.2) is 424 Å². The first-order chi connectivity index (χ1) is 60.7. The minimum Gasteiger partial charge on any atom is -0.456 e. The van der Waals surface area contributed by atoms with E-state index in [9.17, 15) is 0 Å². The van der Waals surface area contributed by atoms with Crippen molar-refractivity contribution in [1.29, 1.82) is 0 Å². The van der Waals surface area contributed by atoms with E-state index in [1.165, 1.54) is 137 Å². The van der Waals surface area contributed by atoms with Gasteiger partial charge in [-0.25, -0.2) is 0 Å². The number of nitrogens with zero attached hydrogens (tertiary/aromatic N) is 2. The fraction of sp³-hybridized carbons (Fsp3) is 0.0256. The molecule has 0 radical (unpaired) electrons. The van der Waals surface area contributed by atoms with E-state index in [-0.39, 0.29) is 0 Å². The van der Waals surface area contributed by atoms with Crippen molar-refractivity contribution in [2.24, 2.45) is 14.1 Å². The van der Waals surface area contributed by atoms with Crippen LogP contribution in [0.25, 0.3) is 253 Å².